The van der Waals surface area contributed by atoms with E-state index in [9.17, 15) is 10.1 Å². The molecule has 0 saturated heterocycles. The molecule has 0 aromatic carbocycles. The highest BCUT2D eigenvalue weighted by atomic mass is 16.6. The van der Waals surface area contributed by atoms with Crippen molar-refractivity contribution in [2.24, 2.45) is 0 Å². The molecule has 0 aliphatic carbocycles. The maximum absolute atomic E-state index is 10.5. The van der Waals surface area contributed by atoms with Crippen molar-refractivity contribution in [1.82, 2.24) is 14.5 Å². The molecule has 0 bridgehead atoms. The number of likely N-dealkylation sites (N-methyl/N-ethyl adjacent to an activating group) is 1. The van der Waals surface area contributed by atoms with E-state index < -0.39 is 4.92 Å². The second kappa shape index (κ2) is 3.85. The van der Waals surface area contributed by atoms with Crippen LogP contribution in [-0.4, -0.2) is 46.1 Å². The maximum Gasteiger partial charge on any atom is 0.414 e. The van der Waals surface area contributed by atoms with E-state index in [1.165, 1.54) is 6.20 Å². The van der Waals surface area contributed by atoms with Crippen LogP contribution in [0.3, 0.4) is 0 Å². The van der Waals surface area contributed by atoms with Crippen molar-refractivity contribution in [2.45, 2.75) is 6.54 Å². The first-order valence-corrected chi connectivity index (χ1v) is 4.70. The van der Waals surface area contributed by atoms with Crippen LogP contribution < -0.4 is 4.74 Å². The standard InChI is InChI=1S/C8H12N4O3/c1-10-2-3-11-6-7(12(13)14)9-8(11)15-5-4-10/h6H,2-5H2,1H3. The minimum absolute atomic E-state index is 0.158. The Bertz CT molecular complexity index is 376. The first-order valence-electron chi connectivity index (χ1n) is 4.70. The molecule has 0 amide bonds. The molecule has 82 valence electrons. The third-order valence-corrected chi connectivity index (χ3v) is 2.34. The smallest absolute Gasteiger partial charge is 0.414 e. The fourth-order valence-electron chi connectivity index (χ4n) is 1.43. The average molecular weight is 212 g/mol. The van der Waals surface area contributed by atoms with Crippen LogP contribution >= 0.6 is 0 Å². The molecule has 0 fully saturated rings. The Kier molecular flexibility index (Phi) is 2.55. The molecule has 2 heterocycles. The molecule has 1 aliphatic rings. The van der Waals surface area contributed by atoms with Gasteiger partial charge in [0.15, 0.2) is 0 Å². The Morgan fingerprint density at radius 1 is 1.53 bits per heavy atom. The van der Waals surface area contributed by atoms with E-state index in [1.807, 2.05) is 7.05 Å². The van der Waals surface area contributed by atoms with Gasteiger partial charge in [-0.1, -0.05) is 0 Å². The van der Waals surface area contributed by atoms with Gasteiger partial charge in [0.05, 0.1) is 0 Å². The van der Waals surface area contributed by atoms with Gasteiger partial charge in [-0.2, -0.15) is 0 Å². The molecule has 15 heavy (non-hydrogen) atoms. The van der Waals surface area contributed by atoms with E-state index in [4.69, 9.17) is 4.74 Å². The quantitative estimate of drug-likeness (QED) is 0.488. The van der Waals surface area contributed by atoms with Crippen molar-refractivity contribution in [3.8, 4) is 6.01 Å². The summed E-state index contributed by atoms with van der Waals surface area (Å²) in [5.74, 6) is -0.158. The Morgan fingerprint density at radius 3 is 3.07 bits per heavy atom. The topological polar surface area (TPSA) is 73.4 Å². The van der Waals surface area contributed by atoms with E-state index in [-0.39, 0.29) is 5.82 Å². The van der Waals surface area contributed by atoms with Gasteiger partial charge in [-0.05, 0) is 12.0 Å². The lowest BCUT2D eigenvalue weighted by atomic mass is 10.5. The van der Waals surface area contributed by atoms with Gasteiger partial charge in [0.1, 0.15) is 12.8 Å². The van der Waals surface area contributed by atoms with Gasteiger partial charge in [0.25, 0.3) is 0 Å². The summed E-state index contributed by atoms with van der Waals surface area (Å²) >= 11 is 0. The zero-order chi connectivity index (χ0) is 10.8. The number of fused-ring (bicyclic) bond motifs is 1. The van der Waals surface area contributed by atoms with E-state index in [2.05, 4.69) is 9.88 Å². The van der Waals surface area contributed by atoms with Crippen LogP contribution in [0.4, 0.5) is 5.82 Å². The highest BCUT2D eigenvalue weighted by Gasteiger charge is 2.21. The van der Waals surface area contributed by atoms with Crippen LogP contribution in [0, 0.1) is 10.1 Å². The molecule has 1 aromatic heterocycles. The summed E-state index contributed by atoms with van der Waals surface area (Å²) < 4.78 is 7.01. The Balaban J connectivity index is 2.24. The van der Waals surface area contributed by atoms with Gasteiger partial charge in [-0.3, -0.25) is 4.57 Å². The fourth-order valence-corrected chi connectivity index (χ4v) is 1.43. The highest BCUT2D eigenvalue weighted by molar-refractivity contribution is 5.20. The zero-order valence-corrected chi connectivity index (χ0v) is 8.42. The number of ether oxygens (including phenoxy) is 1. The molecule has 0 spiro atoms. The molecule has 0 atom stereocenters. The lowest BCUT2D eigenvalue weighted by Crippen LogP contribution is -2.30. The van der Waals surface area contributed by atoms with Crippen molar-refractivity contribution in [3.05, 3.63) is 16.3 Å². The van der Waals surface area contributed by atoms with Crippen LogP contribution in [0.15, 0.2) is 6.20 Å². The molecule has 0 unspecified atom stereocenters. The van der Waals surface area contributed by atoms with Crippen LogP contribution in [0.1, 0.15) is 0 Å². The number of hydrogen-bond donors (Lipinski definition) is 0. The molecule has 1 aliphatic heterocycles. The fraction of sp³-hybridized carbons (Fsp3) is 0.625. The molecule has 1 aromatic rings. The normalized spacial score (nSPS) is 17.4. The first kappa shape index (κ1) is 9.91. The van der Waals surface area contributed by atoms with Crippen LogP contribution in [0.5, 0.6) is 6.01 Å². The number of rotatable bonds is 1. The number of hydrogen-bond acceptors (Lipinski definition) is 5. The Labute approximate surface area is 86.4 Å². The minimum atomic E-state index is -0.509. The lowest BCUT2D eigenvalue weighted by molar-refractivity contribution is -0.389. The lowest BCUT2D eigenvalue weighted by Gasteiger charge is -2.19. The summed E-state index contributed by atoms with van der Waals surface area (Å²) in [6.07, 6.45) is 1.41. The van der Waals surface area contributed by atoms with Crippen LogP contribution in [-0.2, 0) is 6.54 Å². The largest absolute Gasteiger partial charge is 0.444 e. The summed E-state index contributed by atoms with van der Waals surface area (Å²) in [6.45, 7) is 2.81. The number of nitrogens with zero attached hydrogens (tertiary/aromatic N) is 4. The second-order valence-electron chi connectivity index (χ2n) is 3.48. The minimum Gasteiger partial charge on any atom is -0.444 e. The van der Waals surface area contributed by atoms with Gasteiger partial charge in [0.2, 0.25) is 0 Å². The van der Waals surface area contributed by atoms with Crippen molar-refractivity contribution in [1.29, 1.82) is 0 Å². The van der Waals surface area contributed by atoms with Crippen molar-refractivity contribution >= 4 is 5.82 Å². The predicted octanol–water partition coefficient (Wildman–Crippen LogP) is 0.115. The van der Waals surface area contributed by atoms with Gasteiger partial charge < -0.3 is 19.8 Å². The number of imidazole rings is 1. The molecular formula is C8H12N4O3. The van der Waals surface area contributed by atoms with Gasteiger partial charge >= 0.3 is 11.8 Å². The number of aromatic nitrogens is 2. The zero-order valence-electron chi connectivity index (χ0n) is 8.42. The molecule has 0 radical (unpaired) electrons. The predicted molar refractivity (Wildman–Crippen MR) is 51.9 cm³/mol. The van der Waals surface area contributed by atoms with E-state index >= 15 is 0 Å². The SMILES string of the molecule is CN1CCOc2nc([N+](=O)[O-])cn2CC1. The van der Waals surface area contributed by atoms with Crippen molar-refractivity contribution < 1.29 is 9.66 Å². The summed E-state index contributed by atoms with van der Waals surface area (Å²) in [7, 11) is 1.99. The van der Waals surface area contributed by atoms with Gasteiger partial charge in [-0.25, -0.2) is 0 Å². The summed E-state index contributed by atoms with van der Waals surface area (Å²) in [5, 5.41) is 10.5. The van der Waals surface area contributed by atoms with Crippen LogP contribution in [0.25, 0.3) is 0 Å². The second-order valence-corrected chi connectivity index (χ2v) is 3.48. The third-order valence-electron chi connectivity index (χ3n) is 2.34. The molecule has 7 nitrogen and oxygen atoms in total. The highest BCUT2D eigenvalue weighted by Crippen LogP contribution is 2.18. The molecule has 0 saturated carbocycles. The third kappa shape index (κ3) is 2.07. The van der Waals surface area contributed by atoms with Crippen molar-refractivity contribution in [3.63, 3.8) is 0 Å². The number of nitro groups is 1. The average Bonchev–Trinajstić information content (AvgIpc) is 2.55. The molecular weight excluding hydrogens is 200 g/mol. The summed E-state index contributed by atoms with van der Waals surface area (Å²) in [5.41, 5.74) is 0. The summed E-state index contributed by atoms with van der Waals surface area (Å²) in [6, 6.07) is 0.342. The van der Waals surface area contributed by atoms with Gasteiger partial charge in [-0.15, -0.1) is 0 Å². The first-order chi connectivity index (χ1) is 7.16. The Hall–Kier alpha value is -1.63. The van der Waals surface area contributed by atoms with Crippen LogP contribution in [0.2, 0.25) is 0 Å². The monoisotopic (exact) mass is 212 g/mol. The van der Waals surface area contributed by atoms with E-state index in [0.29, 0.717) is 19.2 Å². The van der Waals surface area contributed by atoms with Crippen molar-refractivity contribution in [2.75, 3.05) is 26.7 Å². The van der Waals surface area contributed by atoms with E-state index in [1.54, 1.807) is 4.57 Å². The Morgan fingerprint density at radius 2 is 2.33 bits per heavy atom. The van der Waals surface area contributed by atoms with Gasteiger partial charge in [0, 0.05) is 24.6 Å². The molecule has 0 N–H and O–H groups in total. The molecule has 7 heteroatoms. The van der Waals surface area contributed by atoms with E-state index in [0.717, 1.165) is 13.1 Å². The maximum atomic E-state index is 10.5. The molecule has 2 rings (SSSR count). The summed E-state index contributed by atoms with van der Waals surface area (Å²) in [4.78, 5) is 15.9.